The Morgan fingerprint density at radius 1 is 1.09 bits per heavy atom. The van der Waals surface area contributed by atoms with Gasteiger partial charge in [-0.2, -0.15) is 0 Å². The molecule has 0 unspecified atom stereocenters. The van der Waals surface area contributed by atoms with E-state index in [0.717, 1.165) is 0 Å². The molecule has 1 heterocycles. The number of rotatable bonds is 5. The number of sulfone groups is 1. The van der Waals surface area contributed by atoms with Crippen molar-refractivity contribution in [3.63, 3.8) is 0 Å². The third-order valence-corrected chi connectivity index (χ3v) is 8.38. The van der Waals surface area contributed by atoms with Crippen LogP contribution in [0.1, 0.15) is 11.1 Å². The molecular formula is C23H18Cl2N2O4S2. The first kappa shape index (κ1) is 23.5. The monoisotopic (exact) mass is 520 g/mol. The van der Waals surface area contributed by atoms with Gasteiger partial charge in [-0.1, -0.05) is 47.1 Å². The average molecular weight is 521 g/mol. The molecule has 0 bridgehead atoms. The molecule has 0 saturated carbocycles. The molecule has 1 aliphatic heterocycles. The first-order valence-corrected chi connectivity index (χ1v) is 12.8. The Kier molecular flexibility index (Phi) is 6.63. The summed E-state index contributed by atoms with van der Waals surface area (Å²) in [6.07, 6.45) is 1.68. The molecule has 0 radical (unpaired) electrons. The number of nitrogens with two attached hydrogens (primary N) is 1. The summed E-state index contributed by atoms with van der Waals surface area (Å²) >= 11 is 13.5. The Balaban J connectivity index is 1.65. The lowest BCUT2D eigenvalue weighted by Crippen LogP contribution is -2.17. The number of nitrogen functional groups attached to an aromatic ring is 1. The van der Waals surface area contributed by atoms with Gasteiger partial charge in [-0.25, -0.2) is 8.42 Å². The second-order valence-electron chi connectivity index (χ2n) is 7.18. The maximum atomic E-state index is 13.1. The number of ether oxygens (including phenoxy) is 1. The summed E-state index contributed by atoms with van der Waals surface area (Å²) in [5.41, 5.74) is 7.99. The van der Waals surface area contributed by atoms with E-state index in [1.54, 1.807) is 48.5 Å². The minimum atomic E-state index is -3.74. The number of carbonyl (C=O) groups excluding carboxylic acids is 1. The van der Waals surface area contributed by atoms with Crippen LogP contribution in [0.25, 0.3) is 6.08 Å². The highest BCUT2D eigenvalue weighted by Crippen LogP contribution is 2.41. The lowest BCUT2D eigenvalue weighted by atomic mass is 10.1. The van der Waals surface area contributed by atoms with Crippen molar-refractivity contribution in [3.05, 3.63) is 80.7 Å². The number of nitrogens with one attached hydrogen (secondary N) is 1. The smallest absolute Gasteiger partial charge is 0.262 e. The number of thioether (sulfide) groups is 1. The van der Waals surface area contributed by atoms with Gasteiger partial charge in [0, 0.05) is 20.5 Å². The molecule has 3 aromatic carbocycles. The SMILES string of the molecule is COc1ccc(C=C2Sc3cc(S(=O)(=O)Cc4c(Cl)cccc4Cl)ccc3NC2=O)cc1N. The van der Waals surface area contributed by atoms with E-state index in [2.05, 4.69) is 5.32 Å². The molecule has 0 spiro atoms. The van der Waals surface area contributed by atoms with Crippen LogP contribution in [0.2, 0.25) is 10.0 Å². The van der Waals surface area contributed by atoms with Gasteiger partial charge in [-0.05, 0) is 54.1 Å². The van der Waals surface area contributed by atoms with Crippen molar-refractivity contribution in [2.45, 2.75) is 15.5 Å². The quantitative estimate of drug-likeness (QED) is 0.333. The number of amides is 1. The Labute approximate surface area is 205 Å². The highest BCUT2D eigenvalue weighted by Gasteiger charge is 2.25. The standard InChI is InChI=1S/C23H18Cl2N2O4S2/c1-31-20-8-5-13(9-18(20)26)10-22-23(28)27-19-7-6-14(11-21(19)32-22)33(29,30)12-15-16(24)3-2-4-17(15)25/h2-11H,12,26H2,1H3,(H,27,28). The fraction of sp³-hybridized carbons (Fsp3) is 0.0870. The minimum Gasteiger partial charge on any atom is -0.495 e. The third kappa shape index (κ3) is 4.99. The molecular weight excluding hydrogens is 503 g/mol. The fourth-order valence-corrected chi connectivity index (χ4v) is 6.45. The van der Waals surface area contributed by atoms with Crippen molar-refractivity contribution in [1.29, 1.82) is 0 Å². The van der Waals surface area contributed by atoms with Crippen LogP contribution in [0, 0.1) is 0 Å². The van der Waals surface area contributed by atoms with Crippen LogP contribution in [0.4, 0.5) is 11.4 Å². The topological polar surface area (TPSA) is 98.5 Å². The van der Waals surface area contributed by atoms with E-state index in [1.807, 2.05) is 0 Å². The van der Waals surface area contributed by atoms with Gasteiger partial charge in [0.2, 0.25) is 0 Å². The summed E-state index contributed by atoms with van der Waals surface area (Å²) in [5, 5.41) is 3.37. The molecule has 10 heteroatoms. The predicted octanol–water partition coefficient (Wildman–Crippen LogP) is 5.64. The minimum absolute atomic E-state index is 0.105. The molecule has 1 amide bonds. The van der Waals surface area contributed by atoms with Crippen LogP contribution in [0.3, 0.4) is 0 Å². The Morgan fingerprint density at radius 3 is 2.48 bits per heavy atom. The molecule has 0 atom stereocenters. The Morgan fingerprint density at radius 2 is 1.82 bits per heavy atom. The zero-order chi connectivity index (χ0) is 23.8. The van der Waals surface area contributed by atoms with Gasteiger partial charge in [-0.3, -0.25) is 4.79 Å². The maximum absolute atomic E-state index is 13.1. The van der Waals surface area contributed by atoms with Crippen molar-refractivity contribution >= 4 is 68.2 Å². The molecule has 170 valence electrons. The van der Waals surface area contributed by atoms with Crippen LogP contribution in [0.15, 0.2) is 69.3 Å². The first-order chi connectivity index (χ1) is 15.7. The van der Waals surface area contributed by atoms with Crippen molar-refractivity contribution in [2.24, 2.45) is 0 Å². The van der Waals surface area contributed by atoms with E-state index >= 15 is 0 Å². The number of fused-ring (bicyclic) bond motifs is 1. The highest BCUT2D eigenvalue weighted by molar-refractivity contribution is 8.04. The van der Waals surface area contributed by atoms with Crippen molar-refractivity contribution in [3.8, 4) is 5.75 Å². The van der Waals surface area contributed by atoms with Gasteiger partial charge >= 0.3 is 0 Å². The van der Waals surface area contributed by atoms with Gasteiger partial charge in [0.15, 0.2) is 9.84 Å². The van der Waals surface area contributed by atoms with Gasteiger partial charge in [-0.15, -0.1) is 0 Å². The summed E-state index contributed by atoms with van der Waals surface area (Å²) < 4.78 is 31.3. The molecule has 0 fully saturated rings. The number of anilines is 2. The van der Waals surface area contributed by atoms with Gasteiger partial charge in [0.05, 0.1) is 34.0 Å². The molecule has 33 heavy (non-hydrogen) atoms. The number of hydrogen-bond donors (Lipinski definition) is 2. The van der Waals surface area contributed by atoms with Crippen LogP contribution >= 0.6 is 35.0 Å². The lowest BCUT2D eigenvalue weighted by molar-refractivity contribution is -0.112. The second-order valence-corrected chi connectivity index (χ2v) is 11.1. The fourth-order valence-electron chi connectivity index (χ4n) is 3.27. The van der Waals surface area contributed by atoms with E-state index < -0.39 is 9.84 Å². The normalized spacial score (nSPS) is 14.6. The number of benzene rings is 3. The van der Waals surface area contributed by atoms with Crippen LogP contribution in [-0.2, 0) is 20.4 Å². The predicted molar refractivity (Wildman–Crippen MR) is 134 cm³/mol. The van der Waals surface area contributed by atoms with E-state index in [1.165, 1.54) is 31.0 Å². The third-order valence-electron chi connectivity index (χ3n) is 4.95. The molecule has 6 nitrogen and oxygen atoms in total. The zero-order valence-electron chi connectivity index (χ0n) is 17.3. The van der Waals surface area contributed by atoms with Crippen LogP contribution < -0.4 is 15.8 Å². The molecule has 3 N–H and O–H groups in total. The summed E-state index contributed by atoms with van der Waals surface area (Å²) in [6.45, 7) is 0. The summed E-state index contributed by atoms with van der Waals surface area (Å²) in [4.78, 5) is 13.7. The zero-order valence-corrected chi connectivity index (χ0v) is 20.4. The summed E-state index contributed by atoms with van der Waals surface area (Å²) in [7, 11) is -2.22. The molecule has 4 rings (SSSR count). The van der Waals surface area contributed by atoms with Crippen LogP contribution in [-0.4, -0.2) is 21.4 Å². The Hall–Kier alpha value is -2.65. The molecule has 0 aromatic heterocycles. The highest BCUT2D eigenvalue weighted by atomic mass is 35.5. The number of methoxy groups -OCH3 is 1. The maximum Gasteiger partial charge on any atom is 0.262 e. The van der Waals surface area contributed by atoms with Crippen molar-refractivity contribution < 1.29 is 17.9 Å². The van der Waals surface area contributed by atoms with Gasteiger partial charge in [0.25, 0.3) is 5.91 Å². The number of halogens is 2. The molecule has 0 saturated heterocycles. The van der Waals surface area contributed by atoms with Gasteiger partial charge in [0.1, 0.15) is 5.75 Å². The van der Waals surface area contributed by atoms with E-state index in [4.69, 9.17) is 33.7 Å². The lowest BCUT2D eigenvalue weighted by Gasteiger charge is -2.20. The summed E-state index contributed by atoms with van der Waals surface area (Å²) in [6, 6.07) is 14.6. The molecule has 3 aromatic rings. The second kappa shape index (κ2) is 9.30. The van der Waals surface area contributed by atoms with Crippen molar-refractivity contribution in [1.82, 2.24) is 0 Å². The molecule has 1 aliphatic rings. The molecule has 0 aliphatic carbocycles. The van der Waals surface area contributed by atoms with Gasteiger partial charge < -0.3 is 15.8 Å². The average Bonchev–Trinajstić information content (AvgIpc) is 2.77. The van der Waals surface area contributed by atoms with E-state index in [0.29, 0.717) is 38.1 Å². The Bertz CT molecular complexity index is 1390. The van der Waals surface area contributed by atoms with Crippen LogP contribution in [0.5, 0.6) is 5.75 Å². The van der Waals surface area contributed by atoms with E-state index in [9.17, 15) is 13.2 Å². The first-order valence-electron chi connectivity index (χ1n) is 9.62. The van der Waals surface area contributed by atoms with E-state index in [-0.39, 0.29) is 26.6 Å². The number of hydrogen-bond acceptors (Lipinski definition) is 6. The summed E-state index contributed by atoms with van der Waals surface area (Å²) in [5.74, 6) is -0.0909. The largest absolute Gasteiger partial charge is 0.495 e. The van der Waals surface area contributed by atoms with Crippen molar-refractivity contribution in [2.75, 3.05) is 18.2 Å². The number of carbonyl (C=O) groups is 1.